The zero-order valence-corrected chi connectivity index (χ0v) is 16.2. The van der Waals surface area contributed by atoms with Crippen LogP contribution in [0.5, 0.6) is 0 Å². The van der Waals surface area contributed by atoms with Gasteiger partial charge < -0.3 is 9.80 Å². The molecular weight excluding hydrogens is 387 g/mol. The Morgan fingerprint density at radius 2 is 1.93 bits per heavy atom. The molecule has 0 spiro atoms. The molecule has 9 heteroatoms. The Hall–Kier alpha value is -2.38. The maximum atomic E-state index is 11.9. The minimum Gasteiger partial charge on any atom is -0.337 e. The highest BCUT2D eigenvalue weighted by molar-refractivity contribution is 6.53. The average molecular weight is 405 g/mol. The van der Waals surface area contributed by atoms with Gasteiger partial charge in [0, 0.05) is 37.9 Å². The van der Waals surface area contributed by atoms with Crippen molar-refractivity contribution in [3.63, 3.8) is 0 Å². The summed E-state index contributed by atoms with van der Waals surface area (Å²) in [4.78, 5) is 23.5. The predicted molar refractivity (Wildman–Crippen MR) is 105 cm³/mol. The number of carbonyl (C=O) groups is 1. The second-order valence-electron chi connectivity index (χ2n) is 6.44. The lowest BCUT2D eigenvalue weighted by molar-refractivity contribution is -0.129. The molecule has 0 N–H and O–H groups in total. The van der Waals surface area contributed by atoms with E-state index in [0.29, 0.717) is 37.9 Å². The maximum absolute atomic E-state index is 11.9. The van der Waals surface area contributed by atoms with Crippen LogP contribution in [0, 0.1) is 6.92 Å². The molecule has 27 heavy (non-hydrogen) atoms. The Balaban J connectivity index is 1.60. The van der Waals surface area contributed by atoms with Crippen molar-refractivity contribution in [1.82, 2.24) is 24.5 Å². The molecule has 1 amide bonds. The van der Waals surface area contributed by atoms with Crippen LogP contribution in [0.4, 0.5) is 5.95 Å². The molecule has 3 aromatic rings. The quantitative estimate of drug-likeness (QED) is 0.627. The molecule has 0 aliphatic carbocycles. The Morgan fingerprint density at radius 3 is 2.63 bits per heavy atom. The van der Waals surface area contributed by atoms with Crippen LogP contribution in [0.15, 0.2) is 36.5 Å². The van der Waals surface area contributed by atoms with Crippen molar-refractivity contribution in [1.29, 1.82) is 0 Å². The summed E-state index contributed by atoms with van der Waals surface area (Å²) in [6.07, 6.45) is 1.74. The van der Waals surface area contributed by atoms with Crippen LogP contribution in [-0.2, 0) is 4.79 Å². The summed E-state index contributed by atoms with van der Waals surface area (Å²) in [6, 6.07) is 10.2. The summed E-state index contributed by atoms with van der Waals surface area (Å²) in [5, 5.41) is 4.66. The number of hydrogen-bond acceptors (Lipinski definition) is 5. The van der Waals surface area contributed by atoms with E-state index >= 15 is 0 Å². The smallest absolute Gasteiger partial charge is 0.255 e. The lowest BCUT2D eigenvalue weighted by Gasteiger charge is -2.34. The summed E-state index contributed by atoms with van der Waals surface area (Å²) < 4.78 is 1.76. The molecule has 3 heterocycles. The number of anilines is 1. The first-order valence-electron chi connectivity index (χ1n) is 8.63. The third-order valence-electron chi connectivity index (χ3n) is 4.60. The number of carbonyl (C=O) groups excluding carboxylic acids is 1. The van der Waals surface area contributed by atoms with Crippen molar-refractivity contribution >= 4 is 40.8 Å². The minimum absolute atomic E-state index is 0.260. The van der Waals surface area contributed by atoms with Crippen molar-refractivity contribution < 1.29 is 4.79 Å². The van der Waals surface area contributed by atoms with Gasteiger partial charge in [0.2, 0.25) is 5.95 Å². The van der Waals surface area contributed by atoms with Gasteiger partial charge in [0.25, 0.3) is 11.7 Å². The monoisotopic (exact) mass is 404 g/mol. The first kappa shape index (κ1) is 18.0. The van der Waals surface area contributed by atoms with Crippen LogP contribution >= 0.6 is 23.2 Å². The van der Waals surface area contributed by atoms with Crippen molar-refractivity contribution in [3.05, 3.63) is 42.1 Å². The van der Waals surface area contributed by atoms with Crippen LogP contribution in [0.1, 0.15) is 5.56 Å². The number of aromatic nitrogens is 4. The lowest BCUT2D eigenvalue weighted by atomic mass is 10.1. The molecule has 0 bridgehead atoms. The molecule has 4 rings (SSSR count). The van der Waals surface area contributed by atoms with E-state index in [-0.39, 0.29) is 5.91 Å². The third kappa shape index (κ3) is 3.57. The fraction of sp³-hybridized carbons (Fsp3) is 0.333. The fourth-order valence-corrected chi connectivity index (χ4v) is 3.48. The fourth-order valence-electron chi connectivity index (χ4n) is 3.21. The van der Waals surface area contributed by atoms with E-state index in [4.69, 9.17) is 23.2 Å². The van der Waals surface area contributed by atoms with Gasteiger partial charge in [0.15, 0.2) is 4.84 Å². The summed E-state index contributed by atoms with van der Waals surface area (Å²) in [5.41, 5.74) is 3.17. The van der Waals surface area contributed by atoms with E-state index in [1.807, 2.05) is 23.1 Å². The van der Waals surface area contributed by atoms with Crippen LogP contribution in [0.2, 0.25) is 0 Å². The van der Waals surface area contributed by atoms with E-state index in [1.165, 1.54) is 5.56 Å². The molecule has 7 nitrogen and oxygen atoms in total. The standard InChI is InChI=1S/C18H18Cl2N6O/c1-12-3-2-4-13(11-12)14-5-6-21-17-22-18(23-26(14)17)25-9-7-24(8-10-25)16(27)15(19)20/h2-6,11,15H,7-10H2,1H3. The number of aryl methyl sites for hydroxylation is 1. The summed E-state index contributed by atoms with van der Waals surface area (Å²) in [7, 11) is 0. The topological polar surface area (TPSA) is 66.6 Å². The highest BCUT2D eigenvalue weighted by atomic mass is 35.5. The number of hydrogen-bond donors (Lipinski definition) is 0. The zero-order chi connectivity index (χ0) is 19.0. The van der Waals surface area contributed by atoms with Gasteiger partial charge >= 0.3 is 0 Å². The van der Waals surface area contributed by atoms with E-state index in [0.717, 1.165) is 11.3 Å². The highest BCUT2D eigenvalue weighted by Crippen LogP contribution is 2.22. The first-order chi connectivity index (χ1) is 13.0. The molecule has 1 fully saturated rings. The summed E-state index contributed by atoms with van der Waals surface area (Å²) >= 11 is 11.4. The highest BCUT2D eigenvalue weighted by Gasteiger charge is 2.26. The molecular formula is C18H18Cl2N6O. The normalized spacial score (nSPS) is 15.0. The molecule has 140 valence electrons. The Labute approximate surface area is 166 Å². The maximum Gasteiger partial charge on any atom is 0.255 e. The number of nitrogens with zero attached hydrogens (tertiary/aromatic N) is 6. The Morgan fingerprint density at radius 1 is 1.15 bits per heavy atom. The molecule has 0 atom stereocenters. The number of halogens is 2. The number of amides is 1. The number of rotatable bonds is 3. The van der Waals surface area contributed by atoms with Crippen molar-refractivity contribution in [2.45, 2.75) is 11.8 Å². The Kier molecular flexibility index (Phi) is 4.88. The van der Waals surface area contributed by atoms with Gasteiger partial charge in [-0.3, -0.25) is 4.79 Å². The van der Waals surface area contributed by atoms with Gasteiger partial charge in [-0.1, -0.05) is 47.0 Å². The van der Waals surface area contributed by atoms with Gasteiger partial charge in [-0.25, -0.2) is 4.98 Å². The van der Waals surface area contributed by atoms with Crippen LogP contribution in [0.3, 0.4) is 0 Å². The predicted octanol–water partition coefficient (Wildman–Crippen LogP) is 2.55. The molecule has 0 saturated carbocycles. The van der Waals surface area contributed by atoms with Crippen molar-refractivity contribution in [3.8, 4) is 11.3 Å². The van der Waals surface area contributed by atoms with Gasteiger partial charge in [0.1, 0.15) is 0 Å². The number of alkyl halides is 2. The van der Waals surface area contributed by atoms with Gasteiger partial charge in [-0.05, 0) is 19.1 Å². The summed E-state index contributed by atoms with van der Waals surface area (Å²) in [5.74, 6) is 0.886. The second-order valence-corrected chi connectivity index (χ2v) is 7.53. The second kappa shape index (κ2) is 7.32. The number of fused-ring (bicyclic) bond motifs is 1. The molecule has 1 saturated heterocycles. The van der Waals surface area contributed by atoms with Crippen LogP contribution < -0.4 is 4.90 Å². The summed E-state index contributed by atoms with van der Waals surface area (Å²) in [6.45, 7) is 4.35. The number of piperazine rings is 1. The van der Waals surface area contributed by atoms with Gasteiger partial charge in [-0.15, -0.1) is 5.10 Å². The largest absolute Gasteiger partial charge is 0.337 e. The zero-order valence-electron chi connectivity index (χ0n) is 14.7. The van der Waals surface area contributed by atoms with Crippen LogP contribution in [0.25, 0.3) is 17.0 Å². The van der Waals surface area contributed by atoms with E-state index in [2.05, 4.69) is 34.1 Å². The average Bonchev–Trinajstić information content (AvgIpc) is 3.11. The molecule has 1 aliphatic heterocycles. The molecule has 0 radical (unpaired) electrons. The molecule has 2 aromatic heterocycles. The first-order valence-corrected chi connectivity index (χ1v) is 9.51. The van der Waals surface area contributed by atoms with Crippen LogP contribution in [-0.4, -0.2) is 61.4 Å². The van der Waals surface area contributed by atoms with Gasteiger partial charge in [0.05, 0.1) is 5.69 Å². The van der Waals surface area contributed by atoms with Gasteiger partial charge in [-0.2, -0.15) is 9.50 Å². The van der Waals surface area contributed by atoms with E-state index in [9.17, 15) is 4.79 Å². The lowest BCUT2D eigenvalue weighted by Crippen LogP contribution is -2.50. The minimum atomic E-state index is -1.02. The molecule has 1 aromatic carbocycles. The SMILES string of the molecule is Cc1cccc(-c2ccnc3nc(N4CCN(C(=O)C(Cl)Cl)CC4)nn23)c1. The van der Waals surface area contributed by atoms with Crippen molar-refractivity contribution in [2.75, 3.05) is 31.1 Å². The van der Waals surface area contributed by atoms with Crippen molar-refractivity contribution in [2.24, 2.45) is 0 Å². The van der Waals surface area contributed by atoms with E-state index in [1.54, 1.807) is 15.6 Å². The molecule has 1 aliphatic rings. The Bertz CT molecular complexity index is 981. The van der Waals surface area contributed by atoms with E-state index < -0.39 is 4.84 Å². The third-order valence-corrected chi connectivity index (χ3v) is 4.98. The number of benzene rings is 1. The molecule has 0 unspecified atom stereocenters.